The van der Waals surface area contributed by atoms with Crippen molar-refractivity contribution in [3.05, 3.63) is 50.9 Å². The zero-order valence-corrected chi connectivity index (χ0v) is 21.8. The van der Waals surface area contributed by atoms with Gasteiger partial charge in [0.25, 0.3) is 17.7 Å². The smallest absolute Gasteiger partial charge is 0.352 e. The maximum absolute atomic E-state index is 12.8. The molecule has 0 radical (unpaired) electrons. The lowest BCUT2D eigenvalue weighted by Crippen LogP contribution is -2.70. The number of hydrogen-bond donors (Lipinski definition) is 3. The van der Waals surface area contributed by atoms with Crippen molar-refractivity contribution in [2.75, 3.05) is 18.1 Å². The first-order valence-corrected chi connectivity index (χ1v) is 13.5. The standard InChI is InChI=1S/C22H22ClN5O7S2/c1-2-7-27-19(32)17(30)25-26-22(27)37-10-11-9-36-20-15(18(31)28(20)16(11)21(33)34)24-14(29)8-35-13-5-3-12(23)4-6-13/h3-6,15,20H,2,7-10H2,1H3,(H,24,29)(H,25,30)(H,33,34)/t15?,20-/m1/s1. The summed E-state index contributed by atoms with van der Waals surface area (Å²) in [5.41, 5.74) is -0.366. The highest BCUT2D eigenvalue weighted by atomic mass is 35.5. The van der Waals surface area contributed by atoms with Crippen molar-refractivity contribution in [1.82, 2.24) is 25.0 Å². The zero-order chi connectivity index (χ0) is 26.7. The molecule has 4 rings (SSSR count). The Balaban J connectivity index is 1.42. The number of aliphatic carboxylic acids is 1. The topological polar surface area (TPSA) is 164 Å². The minimum atomic E-state index is -1.27. The van der Waals surface area contributed by atoms with Gasteiger partial charge in [0.2, 0.25) is 0 Å². The van der Waals surface area contributed by atoms with Crippen molar-refractivity contribution in [2.45, 2.75) is 36.5 Å². The van der Waals surface area contributed by atoms with E-state index in [4.69, 9.17) is 16.3 Å². The summed E-state index contributed by atoms with van der Waals surface area (Å²) in [4.78, 5) is 50.6. The number of rotatable bonds is 10. The fourth-order valence-corrected chi connectivity index (χ4v) is 6.33. The van der Waals surface area contributed by atoms with Crippen LogP contribution < -0.4 is 15.6 Å². The number of carboxylic acids is 1. The van der Waals surface area contributed by atoms with E-state index in [1.165, 1.54) is 21.2 Å². The first-order valence-electron chi connectivity index (χ1n) is 11.1. The summed E-state index contributed by atoms with van der Waals surface area (Å²) in [5, 5.41) is 29.6. The van der Waals surface area contributed by atoms with Crippen LogP contribution in [0.3, 0.4) is 0 Å². The van der Waals surface area contributed by atoms with E-state index < -0.39 is 40.6 Å². The van der Waals surface area contributed by atoms with Crippen LogP contribution in [-0.2, 0) is 20.9 Å². The molecule has 2 atom stereocenters. The van der Waals surface area contributed by atoms with Gasteiger partial charge in [-0.15, -0.1) is 22.0 Å². The molecular formula is C22H22ClN5O7S2. The van der Waals surface area contributed by atoms with Crippen LogP contribution in [0.2, 0.25) is 5.02 Å². The summed E-state index contributed by atoms with van der Waals surface area (Å²) in [6.45, 7) is 1.84. The Morgan fingerprint density at radius 2 is 2.00 bits per heavy atom. The average molecular weight is 568 g/mol. The van der Waals surface area contributed by atoms with Crippen LogP contribution in [0.1, 0.15) is 13.3 Å². The van der Waals surface area contributed by atoms with Gasteiger partial charge in [0.05, 0.1) is 0 Å². The van der Waals surface area contributed by atoms with Crippen molar-refractivity contribution in [2.24, 2.45) is 0 Å². The Labute approximate surface area is 224 Å². The molecule has 12 nitrogen and oxygen atoms in total. The van der Waals surface area contributed by atoms with Crippen molar-refractivity contribution in [3.8, 4) is 11.6 Å². The average Bonchev–Trinajstić information content (AvgIpc) is 2.88. The lowest BCUT2D eigenvalue weighted by atomic mass is 10.0. The van der Waals surface area contributed by atoms with Crippen molar-refractivity contribution >= 4 is 52.9 Å². The summed E-state index contributed by atoms with van der Waals surface area (Å²) in [6, 6.07) is 5.57. The highest BCUT2D eigenvalue weighted by molar-refractivity contribution is 8.01. The molecule has 2 amide bonds. The molecule has 1 saturated heterocycles. The third-order valence-corrected chi connectivity index (χ3v) is 8.11. The first-order chi connectivity index (χ1) is 17.7. The number of thioether (sulfide) groups is 2. The summed E-state index contributed by atoms with van der Waals surface area (Å²) in [5.74, 6) is -2.17. The molecule has 196 valence electrons. The minimum absolute atomic E-state index is 0.139. The molecule has 3 heterocycles. The lowest BCUT2D eigenvalue weighted by Gasteiger charge is -2.49. The number of ether oxygens (including phenoxy) is 1. The van der Waals surface area contributed by atoms with Gasteiger partial charge in [-0.25, -0.2) is 4.79 Å². The molecule has 1 unspecified atom stereocenters. The Bertz CT molecular complexity index is 1320. The number of amides is 2. The van der Waals surface area contributed by atoms with Gasteiger partial charge in [-0.05, 0) is 36.3 Å². The molecule has 3 N–H and O–H groups in total. The van der Waals surface area contributed by atoms with Crippen LogP contribution in [0, 0.1) is 0 Å². The second-order valence-corrected chi connectivity index (χ2v) is 10.5. The molecule has 2 aliphatic rings. The molecule has 1 fully saturated rings. The number of halogens is 1. The summed E-state index contributed by atoms with van der Waals surface area (Å²) >= 11 is 8.24. The fraction of sp³-hybridized carbons (Fsp3) is 0.364. The Hall–Kier alpha value is -3.23. The second-order valence-electron chi connectivity index (χ2n) is 8.01. The number of nitrogens with zero attached hydrogens (tertiary/aromatic N) is 4. The number of carboxylic acid groups (broad SMARTS) is 1. The van der Waals surface area contributed by atoms with Crippen molar-refractivity contribution in [3.63, 3.8) is 0 Å². The molecule has 15 heteroatoms. The number of carbonyl (C=O) groups excluding carboxylic acids is 2. The molecular weight excluding hydrogens is 546 g/mol. The monoisotopic (exact) mass is 567 g/mol. The summed E-state index contributed by atoms with van der Waals surface area (Å²) in [7, 11) is 0. The molecule has 0 bridgehead atoms. The maximum Gasteiger partial charge on any atom is 0.352 e. The number of fused-ring (bicyclic) bond motifs is 1. The van der Waals surface area contributed by atoms with Crippen molar-refractivity contribution in [1.29, 1.82) is 0 Å². The van der Waals surface area contributed by atoms with E-state index >= 15 is 0 Å². The minimum Gasteiger partial charge on any atom is -0.488 e. The van der Waals surface area contributed by atoms with E-state index in [0.29, 0.717) is 35.1 Å². The number of hydrogen-bond acceptors (Lipinski definition) is 10. The normalized spacial score (nSPS) is 18.8. The number of aromatic nitrogens is 3. The largest absolute Gasteiger partial charge is 0.488 e. The van der Waals surface area contributed by atoms with Gasteiger partial charge in [-0.2, -0.15) is 0 Å². The molecule has 0 spiro atoms. The van der Waals surface area contributed by atoms with E-state index in [1.807, 2.05) is 6.92 Å². The van der Waals surface area contributed by atoms with Gasteiger partial charge in [0.1, 0.15) is 22.9 Å². The van der Waals surface area contributed by atoms with Crippen LogP contribution in [-0.4, -0.2) is 77.2 Å². The highest BCUT2D eigenvalue weighted by Gasteiger charge is 2.54. The zero-order valence-electron chi connectivity index (χ0n) is 19.4. The predicted octanol–water partition coefficient (Wildman–Crippen LogP) is 1.32. The fourth-order valence-electron chi connectivity index (χ4n) is 3.76. The molecule has 0 saturated carbocycles. The van der Waals surface area contributed by atoms with Gasteiger partial charge in [0.15, 0.2) is 11.8 Å². The van der Waals surface area contributed by atoms with Gasteiger partial charge in [0, 0.05) is 23.1 Å². The molecule has 1 aromatic carbocycles. The van der Waals surface area contributed by atoms with E-state index in [9.17, 15) is 29.4 Å². The molecule has 2 aliphatic heterocycles. The Morgan fingerprint density at radius 1 is 1.27 bits per heavy atom. The summed E-state index contributed by atoms with van der Waals surface area (Å²) < 4.78 is 6.67. The SMILES string of the molecule is CCCn1c(SCC2=C(C(=O)O)N3C(=O)C(NC(=O)COc4ccc(Cl)cc4)[C@H]3SC2)nnc(O)c1=O. The van der Waals surface area contributed by atoms with Gasteiger partial charge in [-0.3, -0.25) is 23.9 Å². The Morgan fingerprint density at radius 3 is 2.68 bits per heavy atom. The molecule has 2 aromatic rings. The van der Waals surface area contributed by atoms with E-state index in [-0.39, 0.29) is 23.2 Å². The van der Waals surface area contributed by atoms with E-state index in [2.05, 4.69) is 15.5 Å². The van der Waals surface area contributed by atoms with Crippen LogP contribution >= 0.6 is 35.1 Å². The van der Waals surface area contributed by atoms with Crippen LogP contribution in [0.25, 0.3) is 0 Å². The third kappa shape index (κ3) is 5.70. The number of nitrogens with one attached hydrogen (secondary N) is 1. The number of benzene rings is 1. The quantitative estimate of drug-likeness (QED) is 0.280. The van der Waals surface area contributed by atoms with Gasteiger partial charge >= 0.3 is 11.5 Å². The molecule has 0 aliphatic carbocycles. The number of aromatic hydroxyl groups is 1. The first kappa shape index (κ1) is 26.8. The number of carbonyl (C=O) groups is 3. The number of β-lactam (4-membered cyclic amide) rings is 1. The third-order valence-electron chi connectivity index (χ3n) is 5.47. The van der Waals surface area contributed by atoms with Crippen molar-refractivity contribution < 1.29 is 29.3 Å². The summed E-state index contributed by atoms with van der Waals surface area (Å²) in [6.07, 6.45) is 0.610. The highest BCUT2D eigenvalue weighted by Crippen LogP contribution is 2.41. The Kier molecular flexibility index (Phi) is 8.29. The molecule has 1 aromatic heterocycles. The van der Waals surface area contributed by atoms with Crippen LogP contribution in [0.5, 0.6) is 11.6 Å². The van der Waals surface area contributed by atoms with E-state index in [0.717, 1.165) is 11.8 Å². The lowest BCUT2D eigenvalue weighted by molar-refractivity contribution is -0.150. The predicted molar refractivity (Wildman–Crippen MR) is 136 cm³/mol. The van der Waals surface area contributed by atoms with Crippen LogP contribution in [0.15, 0.2) is 45.5 Å². The van der Waals surface area contributed by atoms with E-state index in [1.54, 1.807) is 24.3 Å². The van der Waals surface area contributed by atoms with Gasteiger partial charge in [-0.1, -0.05) is 30.3 Å². The van der Waals surface area contributed by atoms with Crippen LogP contribution in [0.4, 0.5) is 0 Å². The maximum atomic E-state index is 12.8. The second kappa shape index (κ2) is 11.4. The van der Waals surface area contributed by atoms with Gasteiger partial charge < -0.3 is 20.3 Å². The molecule has 37 heavy (non-hydrogen) atoms.